The van der Waals surface area contributed by atoms with Crippen molar-refractivity contribution in [2.24, 2.45) is 0 Å². The third kappa shape index (κ3) is 3.49. The quantitative estimate of drug-likeness (QED) is 0.783. The Labute approximate surface area is 102 Å². The van der Waals surface area contributed by atoms with Crippen molar-refractivity contribution >= 4 is 23.0 Å². The van der Waals surface area contributed by atoms with Gasteiger partial charge < -0.3 is 10.6 Å². The molecule has 1 saturated carbocycles. The van der Waals surface area contributed by atoms with E-state index < -0.39 is 0 Å². The molecule has 86 valence electrons. The van der Waals surface area contributed by atoms with Crippen molar-refractivity contribution < 1.29 is 0 Å². The number of anilines is 1. The van der Waals surface area contributed by atoms with E-state index in [1.54, 1.807) is 0 Å². The molecule has 1 fully saturated rings. The summed E-state index contributed by atoms with van der Waals surface area (Å²) in [6.45, 7) is 2.20. The van der Waals surface area contributed by atoms with Crippen LogP contribution in [0, 0.1) is 0 Å². The summed E-state index contributed by atoms with van der Waals surface area (Å²) in [6, 6.07) is 9.11. The average molecular weight is 234 g/mol. The average Bonchev–Trinajstić information content (AvgIpc) is 3.05. The second-order valence-electron chi connectivity index (χ2n) is 4.32. The number of thiocarbonyl (C=S) groups is 1. The smallest absolute Gasteiger partial charge is 0.170 e. The zero-order valence-electron chi connectivity index (χ0n) is 9.62. The van der Waals surface area contributed by atoms with Gasteiger partial charge in [0, 0.05) is 11.7 Å². The molecule has 1 aliphatic rings. The highest BCUT2D eigenvalue weighted by Crippen LogP contribution is 2.19. The fraction of sp³-hybridized carbons (Fsp3) is 0.462. The lowest BCUT2D eigenvalue weighted by Gasteiger charge is -2.09. The van der Waals surface area contributed by atoms with Gasteiger partial charge in [0.05, 0.1) is 0 Å². The largest absolute Gasteiger partial charge is 0.360 e. The molecule has 0 amide bonds. The molecule has 1 aromatic carbocycles. The molecule has 1 aliphatic carbocycles. The van der Waals surface area contributed by atoms with E-state index in [1.165, 1.54) is 24.8 Å². The van der Waals surface area contributed by atoms with Crippen LogP contribution in [0.4, 0.5) is 5.69 Å². The zero-order valence-corrected chi connectivity index (χ0v) is 10.4. The van der Waals surface area contributed by atoms with Crippen molar-refractivity contribution in [1.29, 1.82) is 0 Å². The second-order valence-corrected chi connectivity index (χ2v) is 4.73. The molecule has 0 radical (unpaired) electrons. The Morgan fingerprint density at radius 3 is 2.56 bits per heavy atom. The summed E-state index contributed by atoms with van der Waals surface area (Å²) in [5.74, 6) is 0. The molecule has 0 bridgehead atoms. The monoisotopic (exact) mass is 234 g/mol. The van der Waals surface area contributed by atoms with Crippen molar-refractivity contribution in [2.45, 2.75) is 38.6 Å². The van der Waals surface area contributed by atoms with Crippen LogP contribution in [0.5, 0.6) is 0 Å². The third-order valence-corrected chi connectivity index (χ3v) is 2.88. The summed E-state index contributed by atoms with van der Waals surface area (Å²) in [5, 5.41) is 7.21. The maximum atomic E-state index is 5.21. The molecule has 16 heavy (non-hydrogen) atoms. The van der Waals surface area contributed by atoms with Crippen molar-refractivity contribution in [2.75, 3.05) is 5.32 Å². The third-order valence-electron chi connectivity index (χ3n) is 2.66. The van der Waals surface area contributed by atoms with Gasteiger partial charge in [-0.3, -0.25) is 0 Å². The number of hydrogen-bond donors (Lipinski definition) is 2. The summed E-state index contributed by atoms with van der Waals surface area (Å²) in [7, 11) is 0. The van der Waals surface area contributed by atoms with Crippen LogP contribution >= 0.6 is 12.2 Å². The van der Waals surface area contributed by atoms with Crippen molar-refractivity contribution in [3.8, 4) is 0 Å². The van der Waals surface area contributed by atoms with Crippen LogP contribution in [0.15, 0.2) is 24.3 Å². The molecule has 1 aromatic rings. The first-order valence-electron chi connectivity index (χ1n) is 5.94. The minimum atomic E-state index is 0.611. The molecule has 3 heteroatoms. The fourth-order valence-electron chi connectivity index (χ4n) is 1.62. The first-order chi connectivity index (χ1) is 7.78. The Morgan fingerprint density at radius 1 is 1.31 bits per heavy atom. The van der Waals surface area contributed by atoms with Gasteiger partial charge in [0.2, 0.25) is 0 Å². The Hall–Kier alpha value is -1.09. The van der Waals surface area contributed by atoms with Crippen LogP contribution in [0.3, 0.4) is 0 Å². The van der Waals surface area contributed by atoms with E-state index in [-0.39, 0.29) is 0 Å². The van der Waals surface area contributed by atoms with E-state index in [1.807, 2.05) is 0 Å². The fourth-order valence-corrected chi connectivity index (χ4v) is 1.91. The van der Waals surface area contributed by atoms with Gasteiger partial charge in [0.25, 0.3) is 0 Å². The summed E-state index contributed by atoms with van der Waals surface area (Å²) in [5.41, 5.74) is 2.45. The van der Waals surface area contributed by atoms with E-state index in [4.69, 9.17) is 12.2 Å². The molecule has 0 aromatic heterocycles. The molecule has 0 atom stereocenters. The van der Waals surface area contributed by atoms with Gasteiger partial charge in [-0.25, -0.2) is 0 Å². The highest BCUT2D eigenvalue weighted by Gasteiger charge is 2.21. The maximum absolute atomic E-state index is 5.21. The van der Waals surface area contributed by atoms with E-state index in [0.717, 1.165) is 17.2 Å². The number of nitrogens with one attached hydrogen (secondary N) is 2. The number of rotatable bonds is 4. The summed E-state index contributed by atoms with van der Waals surface area (Å²) < 4.78 is 0. The van der Waals surface area contributed by atoms with E-state index in [0.29, 0.717) is 6.04 Å². The molecule has 0 heterocycles. The summed E-state index contributed by atoms with van der Waals surface area (Å²) in [4.78, 5) is 0. The Morgan fingerprint density at radius 2 is 2.00 bits per heavy atom. The molecule has 0 spiro atoms. The van der Waals surface area contributed by atoms with Crippen LogP contribution in [-0.4, -0.2) is 11.2 Å². The topological polar surface area (TPSA) is 24.1 Å². The van der Waals surface area contributed by atoms with Gasteiger partial charge in [0.15, 0.2) is 5.11 Å². The standard InChI is InChI=1S/C13H18N2S/c1-2-3-10-4-6-11(7-5-10)14-13(16)15-12-8-9-12/h4-7,12H,2-3,8-9H2,1H3,(H2,14,15,16). The zero-order chi connectivity index (χ0) is 11.4. The van der Waals surface area contributed by atoms with Gasteiger partial charge in [-0.2, -0.15) is 0 Å². The van der Waals surface area contributed by atoms with E-state index >= 15 is 0 Å². The number of aryl methyl sites for hydroxylation is 1. The van der Waals surface area contributed by atoms with Gasteiger partial charge in [-0.05, 0) is 49.2 Å². The Balaban J connectivity index is 1.85. The summed E-state index contributed by atoms with van der Waals surface area (Å²) >= 11 is 5.21. The minimum absolute atomic E-state index is 0.611. The predicted molar refractivity (Wildman–Crippen MR) is 72.8 cm³/mol. The van der Waals surface area contributed by atoms with E-state index in [9.17, 15) is 0 Å². The predicted octanol–water partition coefficient (Wildman–Crippen LogP) is 3.09. The van der Waals surface area contributed by atoms with Crippen LogP contribution in [0.1, 0.15) is 31.7 Å². The molecular weight excluding hydrogens is 216 g/mol. The lowest BCUT2D eigenvalue weighted by atomic mass is 10.1. The minimum Gasteiger partial charge on any atom is -0.360 e. The number of benzene rings is 1. The van der Waals surface area contributed by atoms with Gasteiger partial charge in [0.1, 0.15) is 0 Å². The van der Waals surface area contributed by atoms with Crippen LogP contribution in [-0.2, 0) is 6.42 Å². The van der Waals surface area contributed by atoms with Gasteiger partial charge >= 0.3 is 0 Å². The van der Waals surface area contributed by atoms with Crippen LogP contribution < -0.4 is 10.6 Å². The van der Waals surface area contributed by atoms with Crippen molar-refractivity contribution in [3.63, 3.8) is 0 Å². The lowest BCUT2D eigenvalue weighted by molar-refractivity contribution is 0.917. The normalized spacial score (nSPS) is 14.6. The second kappa shape index (κ2) is 5.30. The number of hydrogen-bond acceptors (Lipinski definition) is 1. The highest BCUT2D eigenvalue weighted by molar-refractivity contribution is 7.80. The van der Waals surface area contributed by atoms with Gasteiger partial charge in [-0.15, -0.1) is 0 Å². The van der Waals surface area contributed by atoms with Crippen LogP contribution in [0.25, 0.3) is 0 Å². The lowest BCUT2D eigenvalue weighted by Crippen LogP contribution is -2.30. The molecular formula is C13H18N2S. The molecule has 0 aliphatic heterocycles. The highest BCUT2D eigenvalue weighted by atomic mass is 32.1. The Bertz CT molecular complexity index is 355. The van der Waals surface area contributed by atoms with E-state index in [2.05, 4.69) is 41.8 Å². The first kappa shape index (κ1) is 11.4. The Kier molecular flexibility index (Phi) is 3.78. The SMILES string of the molecule is CCCc1ccc(NC(=S)NC2CC2)cc1. The molecule has 2 nitrogen and oxygen atoms in total. The van der Waals surface area contributed by atoms with Crippen molar-refractivity contribution in [1.82, 2.24) is 5.32 Å². The maximum Gasteiger partial charge on any atom is 0.170 e. The molecule has 0 unspecified atom stereocenters. The first-order valence-corrected chi connectivity index (χ1v) is 6.35. The molecule has 2 N–H and O–H groups in total. The van der Waals surface area contributed by atoms with Crippen LogP contribution in [0.2, 0.25) is 0 Å². The van der Waals surface area contributed by atoms with Crippen molar-refractivity contribution in [3.05, 3.63) is 29.8 Å². The molecule has 2 rings (SSSR count). The van der Waals surface area contributed by atoms with Gasteiger partial charge in [-0.1, -0.05) is 25.5 Å². The molecule has 0 saturated heterocycles. The summed E-state index contributed by atoms with van der Waals surface area (Å²) in [6.07, 6.45) is 4.83.